The Bertz CT molecular complexity index is 433. The van der Waals surface area contributed by atoms with E-state index in [4.69, 9.17) is 0 Å². The number of carbonyl (C=O) groups excluding carboxylic acids is 1. The number of carbonyl (C=O) groups is 1. The molecule has 2 rings (SSSR count). The average Bonchev–Trinajstić information content (AvgIpc) is 2.30. The molecule has 0 bridgehead atoms. The topological polar surface area (TPSA) is 23.6 Å². The van der Waals surface area contributed by atoms with E-state index in [2.05, 4.69) is 52.6 Å². The third kappa shape index (κ3) is 2.80. The summed E-state index contributed by atoms with van der Waals surface area (Å²) in [6.45, 7) is 4.35. The maximum absolute atomic E-state index is 12.0. The fourth-order valence-corrected chi connectivity index (χ4v) is 2.74. The summed E-state index contributed by atoms with van der Waals surface area (Å²) in [6.07, 6.45) is 0. The van der Waals surface area contributed by atoms with Crippen molar-refractivity contribution in [1.82, 2.24) is 4.90 Å². The number of amides is 1. The van der Waals surface area contributed by atoms with Gasteiger partial charge >= 0.3 is 0 Å². The maximum atomic E-state index is 12.0. The van der Waals surface area contributed by atoms with Crippen LogP contribution in [0.3, 0.4) is 0 Å². The number of benzene rings is 1. The highest BCUT2D eigenvalue weighted by molar-refractivity contribution is 14.1. The lowest BCUT2D eigenvalue weighted by molar-refractivity contribution is -0.120. The molecule has 1 saturated heterocycles. The molecule has 4 heteroatoms. The highest BCUT2D eigenvalue weighted by Crippen LogP contribution is 2.25. The highest BCUT2D eigenvalue weighted by Gasteiger charge is 2.24. The minimum Gasteiger partial charge on any atom is -0.310 e. The Balaban J connectivity index is 2.30. The molecule has 1 fully saturated rings. The Morgan fingerprint density at radius 3 is 2.76 bits per heavy atom. The van der Waals surface area contributed by atoms with Crippen molar-refractivity contribution < 1.29 is 4.79 Å². The average molecular weight is 344 g/mol. The first-order valence-electron chi connectivity index (χ1n) is 5.76. The molecule has 0 aliphatic carbocycles. The SMILES string of the molecule is Cc1ccc(N2CCN(C)CC2=O)c(CI)c1. The van der Waals surface area contributed by atoms with E-state index in [-0.39, 0.29) is 5.91 Å². The zero-order valence-corrected chi connectivity index (χ0v) is 12.4. The maximum Gasteiger partial charge on any atom is 0.241 e. The predicted molar refractivity (Wildman–Crippen MR) is 78.8 cm³/mol. The standard InChI is InChI=1S/C13H17IN2O/c1-10-3-4-12(11(7-10)8-14)16-6-5-15(2)9-13(16)17/h3-4,7H,5-6,8-9H2,1-2H3. The molecule has 17 heavy (non-hydrogen) atoms. The molecule has 1 heterocycles. The van der Waals surface area contributed by atoms with Gasteiger partial charge in [0.1, 0.15) is 0 Å². The lowest BCUT2D eigenvalue weighted by Gasteiger charge is -2.33. The summed E-state index contributed by atoms with van der Waals surface area (Å²) in [5.74, 6) is 0.203. The molecule has 0 aromatic heterocycles. The van der Waals surface area contributed by atoms with Gasteiger partial charge in [-0.25, -0.2) is 0 Å². The third-order valence-electron chi connectivity index (χ3n) is 3.08. The van der Waals surface area contributed by atoms with Crippen LogP contribution in [0.15, 0.2) is 18.2 Å². The monoisotopic (exact) mass is 344 g/mol. The number of halogens is 1. The van der Waals surface area contributed by atoms with E-state index in [1.165, 1.54) is 11.1 Å². The van der Waals surface area contributed by atoms with Crippen LogP contribution >= 0.6 is 22.6 Å². The van der Waals surface area contributed by atoms with Gasteiger partial charge in [0, 0.05) is 23.2 Å². The molecule has 0 saturated carbocycles. The van der Waals surface area contributed by atoms with E-state index < -0.39 is 0 Å². The second-order valence-corrected chi connectivity index (χ2v) is 5.31. The van der Waals surface area contributed by atoms with Crippen LogP contribution in [0.2, 0.25) is 0 Å². The van der Waals surface area contributed by atoms with Gasteiger partial charge in [-0.2, -0.15) is 0 Å². The number of anilines is 1. The van der Waals surface area contributed by atoms with Crippen LogP contribution in [0.25, 0.3) is 0 Å². The van der Waals surface area contributed by atoms with Crippen molar-refractivity contribution in [3.8, 4) is 0 Å². The molecule has 3 nitrogen and oxygen atoms in total. The van der Waals surface area contributed by atoms with E-state index in [9.17, 15) is 4.79 Å². The van der Waals surface area contributed by atoms with Gasteiger partial charge in [-0.15, -0.1) is 0 Å². The number of hydrogen-bond donors (Lipinski definition) is 0. The lowest BCUT2D eigenvalue weighted by atomic mass is 10.1. The zero-order chi connectivity index (χ0) is 12.4. The summed E-state index contributed by atoms with van der Waals surface area (Å²) >= 11 is 2.35. The number of alkyl halides is 1. The van der Waals surface area contributed by atoms with E-state index in [1.54, 1.807) is 0 Å². The van der Waals surface area contributed by atoms with Crippen molar-refractivity contribution in [2.75, 3.05) is 31.6 Å². The molecule has 0 N–H and O–H groups in total. The van der Waals surface area contributed by atoms with Crippen molar-refractivity contribution in [3.05, 3.63) is 29.3 Å². The molecule has 0 atom stereocenters. The minimum atomic E-state index is 0.203. The Kier molecular flexibility index (Phi) is 4.04. The second-order valence-electron chi connectivity index (χ2n) is 4.55. The normalized spacial score (nSPS) is 17.6. The largest absolute Gasteiger partial charge is 0.310 e. The molecular formula is C13H17IN2O. The van der Waals surface area contributed by atoms with Gasteiger partial charge in [-0.3, -0.25) is 9.69 Å². The van der Waals surface area contributed by atoms with Gasteiger partial charge in [0.2, 0.25) is 5.91 Å². The summed E-state index contributed by atoms with van der Waals surface area (Å²) in [5.41, 5.74) is 3.59. The van der Waals surface area contributed by atoms with Gasteiger partial charge in [-0.05, 0) is 25.6 Å². The minimum absolute atomic E-state index is 0.203. The van der Waals surface area contributed by atoms with Gasteiger partial charge < -0.3 is 4.90 Å². The molecule has 1 aliphatic rings. The fraction of sp³-hybridized carbons (Fsp3) is 0.462. The molecule has 0 unspecified atom stereocenters. The Morgan fingerprint density at radius 1 is 1.35 bits per heavy atom. The van der Waals surface area contributed by atoms with Crippen LogP contribution in [0, 0.1) is 6.92 Å². The van der Waals surface area contributed by atoms with Gasteiger partial charge in [0.15, 0.2) is 0 Å². The number of nitrogens with zero attached hydrogens (tertiary/aromatic N) is 2. The summed E-state index contributed by atoms with van der Waals surface area (Å²) in [7, 11) is 1.99. The van der Waals surface area contributed by atoms with Gasteiger partial charge in [0.05, 0.1) is 6.54 Å². The van der Waals surface area contributed by atoms with Crippen LogP contribution in [0.4, 0.5) is 5.69 Å². The summed E-state index contributed by atoms with van der Waals surface area (Å²) in [4.78, 5) is 16.0. The molecule has 0 radical (unpaired) electrons. The molecule has 1 aliphatic heterocycles. The summed E-state index contributed by atoms with van der Waals surface area (Å²) in [5, 5.41) is 0. The summed E-state index contributed by atoms with van der Waals surface area (Å²) in [6, 6.07) is 6.33. The van der Waals surface area contributed by atoms with E-state index in [0.717, 1.165) is 23.2 Å². The van der Waals surface area contributed by atoms with Crippen LogP contribution in [0.1, 0.15) is 11.1 Å². The quantitative estimate of drug-likeness (QED) is 0.607. The number of aryl methyl sites for hydroxylation is 1. The van der Waals surface area contributed by atoms with Crippen molar-refractivity contribution in [1.29, 1.82) is 0 Å². The van der Waals surface area contributed by atoms with E-state index in [0.29, 0.717) is 6.54 Å². The fourth-order valence-electron chi connectivity index (χ4n) is 2.13. The Morgan fingerprint density at radius 2 is 2.12 bits per heavy atom. The first kappa shape index (κ1) is 12.8. The highest BCUT2D eigenvalue weighted by atomic mass is 127. The van der Waals surface area contributed by atoms with Gasteiger partial charge in [0.25, 0.3) is 0 Å². The van der Waals surface area contributed by atoms with Crippen LogP contribution in [-0.4, -0.2) is 37.5 Å². The first-order chi connectivity index (χ1) is 8.11. The molecule has 0 spiro atoms. The number of hydrogen-bond acceptors (Lipinski definition) is 2. The van der Waals surface area contributed by atoms with Crippen molar-refractivity contribution >= 4 is 34.2 Å². The summed E-state index contributed by atoms with van der Waals surface area (Å²) < 4.78 is 0.939. The molecule has 1 aromatic rings. The molecule has 1 amide bonds. The molecule has 92 valence electrons. The molecule has 1 aromatic carbocycles. The number of likely N-dealkylation sites (N-methyl/N-ethyl adjacent to an activating group) is 1. The Hall–Kier alpha value is -0.620. The Labute approximate surface area is 116 Å². The smallest absolute Gasteiger partial charge is 0.241 e. The van der Waals surface area contributed by atoms with Crippen molar-refractivity contribution in [2.24, 2.45) is 0 Å². The van der Waals surface area contributed by atoms with E-state index in [1.807, 2.05) is 11.9 Å². The van der Waals surface area contributed by atoms with E-state index >= 15 is 0 Å². The van der Waals surface area contributed by atoms with Crippen LogP contribution in [0.5, 0.6) is 0 Å². The lowest BCUT2D eigenvalue weighted by Crippen LogP contribution is -2.49. The van der Waals surface area contributed by atoms with Crippen LogP contribution < -0.4 is 4.90 Å². The first-order valence-corrected chi connectivity index (χ1v) is 7.29. The zero-order valence-electron chi connectivity index (χ0n) is 10.2. The van der Waals surface area contributed by atoms with Crippen molar-refractivity contribution in [2.45, 2.75) is 11.4 Å². The number of piperazine rings is 1. The molecular weight excluding hydrogens is 327 g/mol. The second kappa shape index (κ2) is 5.35. The van der Waals surface area contributed by atoms with Crippen molar-refractivity contribution in [3.63, 3.8) is 0 Å². The number of rotatable bonds is 2. The predicted octanol–water partition coefficient (Wildman–Crippen LogP) is 2.21. The van der Waals surface area contributed by atoms with Gasteiger partial charge in [-0.1, -0.05) is 40.3 Å². The third-order valence-corrected chi connectivity index (χ3v) is 3.90. The van der Waals surface area contributed by atoms with Crippen LogP contribution in [-0.2, 0) is 9.22 Å².